The minimum atomic E-state index is -1.39. The molecule has 1 atom stereocenters. The van der Waals surface area contributed by atoms with Gasteiger partial charge in [-0.3, -0.25) is 14.4 Å². The quantitative estimate of drug-likeness (QED) is 0.674. The van der Waals surface area contributed by atoms with Gasteiger partial charge >= 0.3 is 0 Å². The number of nitrogens with zero attached hydrogens (tertiary/aromatic N) is 3. The van der Waals surface area contributed by atoms with Crippen molar-refractivity contribution in [3.8, 4) is 5.75 Å². The summed E-state index contributed by atoms with van der Waals surface area (Å²) in [6, 6.07) is 14.5. The van der Waals surface area contributed by atoms with Crippen molar-refractivity contribution in [1.82, 2.24) is 10.3 Å². The van der Waals surface area contributed by atoms with Crippen molar-refractivity contribution in [2.24, 2.45) is 5.10 Å². The zero-order valence-electron chi connectivity index (χ0n) is 17.5. The van der Waals surface area contributed by atoms with Gasteiger partial charge in [0.2, 0.25) is 16.7 Å². The average molecular weight is 473 g/mol. The Morgan fingerprint density at radius 3 is 2.59 bits per heavy atom. The van der Waals surface area contributed by atoms with Gasteiger partial charge in [0.05, 0.1) is 17.3 Å². The molecule has 2 heterocycles. The van der Waals surface area contributed by atoms with Gasteiger partial charge in [-0.1, -0.05) is 41.9 Å². The number of para-hydroxylation sites is 2. The molecule has 8 nitrogen and oxygen atoms in total. The molecule has 3 amide bonds. The van der Waals surface area contributed by atoms with E-state index in [2.05, 4.69) is 10.4 Å². The molecular weight excluding hydrogens is 452 g/mol. The Morgan fingerprint density at radius 1 is 1.16 bits per heavy atom. The van der Waals surface area contributed by atoms with Crippen LogP contribution >= 0.6 is 23.4 Å². The molecule has 1 spiro atoms. The van der Waals surface area contributed by atoms with Crippen molar-refractivity contribution in [3.63, 3.8) is 0 Å². The molecule has 0 aliphatic carbocycles. The second kappa shape index (κ2) is 8.84. The summed E-state index contributed by atoms with van der Waals surface area (Å²) in [6.07, 6.45) is 0.547. The molecule has 32 heavy (non-hydrogen) atoms. The Balaban J connectivity index is 1.56. The molecule has 1 N–H and O–H groups in total. The lowest BCUT2D eigenvalue weighted by molar-refractivity contribution is -0.139. The first-order chi connectivity index (χ1) is 15.3. The summed E-state index contributed by atoms with van der Waals surface area (Å²) in [5.74, 6) is -0.434. The number of fused-ring (bicyclic) bond motifs is 2. The summed E-state index contributed by atoms with van der Waals surface area (Å²) in [7, 11) is 0. The summed E-state index contributed by atoms with van der Waals surface area (Å²) in [5.41, 5.74) is 1.36. The molecule has 0 fully saturated rings. The third-order valence-corrected chi connectivity index (χ3v) is 6.58. The predicted molar refractivity (Wildman–Crippen MR) is 123 cm³/mol. The van der Waals surface area contributed by atoms with E-state index in [-0.39, 0.29) is 17.0 Å². The highest BCUT2D eigenvalue weighted by atomic mass is 35.5. The van der Waals surface area contributed by atoms with Gasteiger partial charge in [-0.25, -0.2) is 0 Å². The van der Waals surface area contributed by atoms with E-state index in [9.17, 15) is 14.4 Å². The molecule has 0 saturated carbocycles. The third-order valence-electron chi connectivity index (χ3n) is 5.03. The molecular formula is C22H21ClN4O4S. The second-order valence-electron chi connectivity index (χ2n) is 7.27. The number of nitrogens with one attached hydrogen (secondary N) is 1. The molecule has 4 rings (SSSR count). The summed E-state index contributed by atoms with van der Waals surface area (Å²) in [4.78, 5) is 38.0. The van der Waals surface area contributed by atoms with Crippen molar-refractivity contribution >= 4 is 51.9 Å². The van der Waals surface area contributed by atoms with Crippen LogP contribution in [0.3, 0.4) is 0 Å². The Bertz CT molecular complexity index is 1120. The Morgan fingerprint density at radius 2 is 1.88 bits per heavy atom. The van der Waals surface area contributed by atoms with Gasteiger partial charge in [-0.2, -0.15) is 5.01 Å². The smallest absolute Gasteiger partial charge is 0.270 e. The van der Waals surface area contributed by atoms with Crippen LogP contribution in [0, 0.1) is 0 Å². The molecule has 2 aliphatic rings. The number of carbonyl (C=O) groups is 3. The number of hydrogen-bond acceptors (Lipinski definition) is 6. The van der Waals surface area contributed by atoms with Crippen LogP contribution in [0.4, 0.5) is 5.69 Å². The molecule has 0 radical (unpaired) electrons. The first-order valence-electron chi connectivity index (χ1n) is 9.99. The van der Waals surface area contributed by atoms with Crippen molar-refractivity contribution in [2.75, 3.05) is 18.1 Å². The molecule has 0 unspecified atom stereocenters. The van der Waals surface area contributed by atoms with Crippen molar-refractivity contribution in [2.45, 2.75) is 25.1 Å². The van der Waals surface area contributed by atoms with Gasteiger partial charge < -0.3 is 15.0 Å². The van der Waals surface area contributed by atoms with Crippen LogP contribution in [0.5, 0.6) is 5.75 Å². The van der Waals surface area contributed by atoms with Crippen molar-refractivity contribution < 1.29 is 19.1 Å². The van der Waals surface area contributed by atoms with Crippen molar-refractivity contribution in [3.05, 3.63) is 59.1 Å². The van der Waals surface area contributed by atoms with E-state index in [4.69, 9.17) is 16.3 Å². The van der Waals surface area contributed by atoms with Gasteiger partial charge in [0.1, 0.15) is 5.75 Å². The highest BCUT2D eigenvalue weighted by Crippen LogP contribution is 2.54. The zero-order valence-corrected chi connectivity index (χ0v) is 19.1. The van der Waals surface area contributed by atoms with Gasteiger partial charge in [0.25, 0.3) is 5.91 Å². The fourth-order valence-electron chi connectivity index (χ4n) is 3.75. The molecule has 2 aliphatic heterocycles. The number of benzene rings is 2. The number of halogens is 1. The van der Waals surface area contributed by atoms with Gasteiger partial charge in [0, 0.05) is 26.0 Å². The number of rotatable bonds is 5. The van der Waals surface area contributed by atoms with E-state index in [1.54, 1.807) is 17.0 Å². The first kappa shape index (κ1) is 22.2. The standard InChI is InChI=1S/C22H21ClN4O4S/c1-14(28)24-21-25-27(15(2)29)22(32-21)16-8-3-5-10-18(16)26(20(22)30)12-7-13-31-19-11-6-4-9-17(19)23/h3-6,8-11H,7,12-13H2,1-2H3,(H,24,25,28)/t22-/m0/s1. The van der Waals surface area contributed by atoms with Gasteiger partial charge in [0.15, 0.2) is 5.17 Å². The van der Waals surface area contributed by atoms with E-state index < -0.39 is 10.8 Å². The summed E-state index contributed by atoms with van der Waals surface area (Å²) in [5, 5.41) is 8.72. The third kappa shape index (κ3) is 3.82. The molecule has 0 bridgehead atoms. The van der Waals surface area contributed by atoms with Crippen LogP contribution in [0.15, 0.2) is 53.6 Å². The fraction of sp³-hybridized carbons (Fsp3) is 0.273. The fourth-order valence-corrected chi connectivity index (χ4v) is 5.28. The minimum absolute atomic E-state index is 0.208. The number of hydrazone groups is 1. The van der Waals surface area contributed by atoms with Crippen molar-refractivity contribution in [1.29, 1.82) is 0 Å². The number of amides is 3. The molecule has 10 heteroatoms. The molecule has 2 aromatic rings. The monoisotopic (exact) mass is 472 g/mol. The number of thioether (sulfide) groups is 1. The van der Waals surface area contributed by atoms with Crippen LogP contribution in [0.1, 0.15) is 25.8 Å². The van der Waals surface area contributed by atoms with E-state index >= 15 is 0 Å². The largest absolute Gasteiger partial charge is 0.492 e. The maximum absolute atomic E-state index is 13.7. The van der Waals surface area contributed by atoms with E-state index in [0.29, 0.717) is 41.6 Å². The van der Waals surface area contributed by atoms with E-state index in [1.165, 1.54) is 13.8 Å². The zero-order chi connectivity index (χ0) is 22.9. The number of amidine groups is 1. The van der Waals surface area contributed by atoms with E-state index in [1.807, 2.05) is 36.4 Å². The molecule has 0 aromatic heterocycles. The number of carbonyl (C=O) groups excluding carboxylic acids is 3. The maximum atomic E-state index is 13.7. The second-order valence-corrected chi connectivity index (χ2v) is 8.86. The molecule has 2 aromatic carbocycles. The molecule has 166 valence electrons. The Kier molecular flexibility index (Phi) is 6.12. The number of hydrogen-bond donors (Lipinski definition) is 1. The normalized spacial score (nSPS) is 19.2. The maximum Gasteiger partial charge on any atom is 0.270 e. The Labute approximate surface area is 194 Å². The number of anilines is 1. The lowest BCUT2D eigenvalue weighted by Gasteiger charge is -2.29. The van der Waals surface area contributed by atoms with Crippen LogP contribution < -0.4 is 15.0 Å². The van der Waals surface area contributed by atoms with Crippen LogP contribution in [-0.4, -0.2) is 41.0 Å². The molecule has 0 saturated heterocycles. The van der Waals surface area contributed by atoms with Gasteiger partial charge in [-0.05, 0) is 36.4 Å². The minimum Gasteiger partial charge on any atom is -0.492 e. The van der Waals surface area contributed by atoms with Crippen LogP contribution in [0.2, 0.25) is 5.02 Å². The average Bonchev–Trinajstić information content (AvgIpc) is 3.24. The summed E-state index contributed by atoms with van der Waals surface area (Å²) in [6.45, 7) is 3.43. The summed E-state index contributed by atoms with van der Waals surface area (Å²) >= 11 is 7.19. The topological polar surface area (TPSA) is 91.3 Å². The van der Waals surface area contributed by atoms with E-state index in [0.717, 1.165) is 16.8 Å². The highest BCUT2D eigenvalue weighted by Gasteiger charge is 2.60. The summed E-state index contributed by atoms with van der Waals surface area (Å²) < 4.78 is 5.75. The lowest BCUT2D eigenvalue weighted by Crippen LogP contribution is -2.48. The van der Waals surface area contributed by atoms with Crippen LogP contribution in [-0.2, 0) is 19.3 Å². The van der Waals surface area contributed by atoms with Gasteiger partial charge in [-0.15, -0.1) is 5.10 Å². The first-order valence-corrected chi connectivity index (χ1v) is 11.2. The highest BCUT2D eigenvalue weighted by molar-refractivity contribution is 8.15. The lowest BCUT2D eigenvalue weighted by atomic mass is 10.1. The van der Waals surface area contributed by atoms with Crippen LogP contribution in [0.25, 0.3) is 0 Å². The number of ether oxygens (including phenoxy) is 1. The predicted octanol–water partition coefficient (Wildman–Crippen LogP) is 3.31. The Hall–Kier alpha value is -3.04. The SMILES string of the molecule is CC(=O)NC1=NN(C(C)=O)[C@@]2(S1)C(=O)N(CCCOc1ccccc1Cl)c1ccccc12.